The molecular weight excluding hydrogens is 402 g/mol. The fourth-order valence-corrected chi connectivity index (χ4v) is 3.93. The second-order valence-corrected chi connectivity index (χ2v) is 8.49. The van der Waals surface area contributed by atoms with Gasteiger partial charge in [-0.1, -0.05) is 32.0 Å². The van der Waals surface area contributed by atoms with Gasteiger partial charge in [0.1, 0.15) is 6.04 Å². The summed E-state index contributed by atoms with van der Waals surface area (Å²) in [7, 11) is 2.85. The number of ether oxygens (including phenoxy) is 1. The van der Waals surface area contributed by atoms with Gasteiger partial charge in [0, 0.05) is 35.8 Å². The summed E-state index contributed by atoms with van der Waals surface area (Å²) in [4.78, 5) is 40.5. The summed E-state index contributed by atoms with van der Waals surface area (Å²) in [5, 5.41) is 6.02. The summed E-state index contributed by atoms with van der Waals surface area (Å²) in [5.41, 5.74) is 1.91. The fourth-order valence-electron chi connectivity index (χ4n) is 3.53. The number of fused-ring (bicyclic) bond motifs is 1. The maximum atomic E-state index is 13.1. The first kappa shape index (κ1) is 23.8. The maximum absolute atomic E-state index is 13.1. The van der Waals surface area contributed by atoms with Crippen molar-refractivity contribution in [1.82, 2.24) is 15.6 Å². The molecule has 0 radical (unpaired) electrons. The third-order valence-electron chi connectivity index (χ3n) is 5.11. The van der Waals surface area contributed by atoms with Gasteiger partial charge in [-0.05, 0) is 24.0 Å². The second kappa shape index (κ2) is 11.1. The number of methoxy groups -OCH3 is 1. The molecule has 0 aliphatic carbocycles. The standard InChI is InChI=1S/C22H31N3O4S/c1-13(2)9-16(19(30)11-20(26)29-4)21(27)25-18(22(28)23-3)10-14-12-24-17-8-6-5-7-15(14)17/h5-8,12-13,16,18-19,24,30H,9-11H2,1-4H3,(H,23,28)(H,25,27)/t16-,18-,19+/m0/s1. The van der Waals surface area contributed by atoms with Gasteiger partial charge in [0.05, 0.1) is 19.4 Å². The summed E-state index contributed by atoms with van der Waals surface area (Å²) in [5.74, 6) is -1.29. The third-order valence-corrected chi connectivity index (χ3v) is 5.65. The SMILES string of the molecule is CNC(=O)[C@H](Cc1c[nH]c2ccccc12)NC(=O)[C@@H](CC(C)C)[C@H](S)CC(=O)OC. The number of likely N-dealkylation sites (N-methyl/N-ethyl adjacent to an activating group) is 1. The summed E-state index contributed by atoms with van der Waals surface area (Å²) in [6.45, 7) is 4.00. The molecule has 0 saturated heterocycles. The zero-order chi connectivity index (χ0) is 22.3. The number of amides is 2. The van der Waals surface area contributed by atoms with Crippen LogP contribution in [0.15, 0.2) is 30.5 Å². The summed E-state index contributed by atoms with van der Waals surface area (Å²) < 4.78 is 4.72. The average molecular weight is 434 g/mol. The Labute approximate surface area is 182 Å². The molecule has 30 heavy (non-hydrogen) atoms. The number of carbonyl (C=O) groups is 3. The Morgan fingerprint density at radius 2 is 1.87 bits per heavy atom. The first-order valence-electron chi connectivity index (χ1n) is 10.1. The monoisotopic (exact) mass is 433 g/mol. The quantitative estimate of drug-likeness (QED) is 0.342. The normalized spacial score (nSPS) is 14.2. The number of esters is 1. The molecule has 164 valence electrons. The van der Waals surface area contributed by atoms with E-state index in [1.54, 1.807) is 7.05 Å². The first-order valence-corrected chi connectivity index (χ1v) is 10.6. The van der Waals surface area contributed by atoms with E-state index in [-0.39, 0.29) is 24.2 Å². The molecule has 0 fully saturated rings. The molecule has 0 aliphatic heterocycles. The van der Waals surface area contributed by atoms with Crippen molar-refractivity contribution in [2.75, 3.05) is 14.2 Å². The predicted molar refractivity (Wildman–Crippen MR) is 120 cm³/mol. The average Bonchev–Trinajstić information content (AvgIpc) is 3.13. The number of aromatic amines is 1. The number of nitrogens with one attached hydrogen (secondary N) is 3. The van der Waals surface area contributed by atoms with Crippen molar-refractivity contribution < 1.29 is 19.1 Å². The topological polar surface area (TPSA) is 100 Å². The maximum Gasteiger partial charge on any atom is 0.306 e. The van der Waals surface area contributed by atoms with Crippen LogP contribution in [0.3, 0.4) is 0 Å². The highest BCUT2D eigenvalue weighted by atomic mass is 32.1. The number of benzene rings is 1. The van der Waals surface area contributed by atoms with Crippen LogP contribution in [-0.4, -0.2) is 48.2 Å². The van der Waals surface area contributed by atoms with Gasteiger partial charge in [0.15, 0.2) is 0 Å². The first-order chi connectivity index (χ1) is 14.3. The number of carbonyl (C=O) groups excluding carboxylic acids is 3. The van der Waals surface area contributed by atoms with Crippen molar-refractivity contribution in [1.29, 1.82) is 0 Å². The van der Waals surface area contributed by atoms with Crippen LogP contribution in [0.5, 0.6) is 0 Å². The van der Waals surface area contributed by atoms with Gasteiger partial charge in [-0.3, -0.25) is 14.4 Å². The van der Waals surface area contributed by atoms with E-state index in [0.29, 0.717) is 12.8 Å². The lowest BCUT2D eigenvalue weighted by molar-refractivity contribution is -0.141. The fraction of sp³-hybridized carbons (Fsp3) is 0.500. The molecule has 2 rings (SSSR count). The van der Waals surface area contributed by atoms with Crippen LogP contribution in [0.2, 0.25) is 0 Å². The van der Waals surface area contributed by atoms with Gasteiger partial charge in [0.2, 0.25) is 11.8 Å². The van der Waals surface area contributed by atoms with Gasteiger partial charge in [-0.15, -0.1) is 0 Å². The molecule has 3 atom stereocenters. The van der Waals surface area contributed by atoms with Crippen molar-refractivity contribution in [3.63, 3.8) is 0 Å². The van der Waals surface area contributed by atoms with E-state index in [0.717, 1.165) is 16.5 Å². The predicted octanol–water partition coefficient (Wildman–Crippen LogP) is 2.46. The molecule has 3 N–H and O–H groups in total. The smallest absolute Gasteiger partial charge is 0.306 e. The number of para-hydroxylation sites is 1. The summed E-state index contributed by atoms with van der Waals surface area (Å²) in [6, 6.07) is 7.07. The van der Waals surface area contributed by atoms with Gasteiger partial charge in [-0.25, -0.2) is 0 Å². The highest BCUT2D eigenvalue weighted by Crippen LogP contribution is 2.24. The zero-order valence-electron chi connectivity index (χ0n) is 17.9. The lowest BCUT2D eigenvalue weighted by Crippen LogP contribution is -2.50. The number of aromatic nitrogens is 1. The number of hydrogen-bond donors (Lipinski definition) is 4. The molecule has 0 saturated carbocycles. The molecule has 0 bridgehead atoms. The molecule has 1 aromatic heterocycles. The van der Waals surface area contributed by atoms with E-state index >= 15 is 0 Å². The molecule has 8 heteroatoms. The van der Waals surface area contributed by atoms with Gasteiger partial charge >= 0.3 is 5.97 Å². The van der Waals surface area contributed by atoms with Crippen molar-refractivity contribution in [3.05, 3.63) is 36.0 Å². The molecule has 0 aliphatic rings. The van der Waals surface area contributed by atoms with Crippen molar-refractivity contribution in [2.45, 2.75) is 44.4 Å². The van der Waals surface area contributed by atoms with Crippen LogP contribution in [-0.2, 0) is 25.5 Å². The third kappa shape index (κ3) is 6.26. The van der Waals surface area contributed by atoms with E-state index in [9.17, 15) is 14.4 Å². The Morgan fingerprint density at radius 3 is 2.50 bits per heavy atom. The van der Waals surface area contributed by atoms with E-state index in [4.69, 9.17) is 4.74 Å². The molecule has 0 unspecified atom stereocenters. The van der Waals surface area contributed by atoms with Crippen molar-refractivity contribution in [3.8, 4) is 0 Å². The molecule has 7 nitrogen and oxygen atoms in total. The van der Waals surface area contributed by atoms with Crippen LogP contribution < -0.4 is 10.6 Å². The number of rotatable bonds is 10. The van der Waals surface area contributed by atoms with Crippen molar-refractivity contribution >= 4 is 41.3 Å². The number of hydrogen-bond acceptors (Lipinski definition) is 5. The van der Waals surface area contributed by atoms with Crippen LogP contribution in [0.4, 0.5) is 0 Å². The van der Waals surface area contributed by atoms with E-state index < -0.39 is 23.2 Å². The Morgan fingerprint density at radius 1 is 1.17 bits per heavy atom. The lowest BCUT2D eigenvalue weighted by Gasteiger charge is -2.26. The van der Waals surface area contributed by atoms with E-state index in [2.05, 4.69) is 28.2 Å². The summed E-state index contributed by atoms with van der Waals surface area (Å²) in [6.07, 6.45) is 2.77. The van der Waals surface area contributed by atoms with Crippen LogP contribution in [0.1, 0.15) is 32.3 Å². The second-order valence-electron chi connectivity index (χ2n) is 7.82. The van der Waals surface area contributed by atoms with E-state index in [1.165, 1.54) is 7.11 Å². The molecule has 2 amide bonds. The highest BCUT2D eigenvalue weighted by molar-refractivity contribution is 7.81. The Hall–Kier alpha value is -2.48. The summed E-state index contributed by atoms with van der Waals surface area (Å²) >= 11 is 4.50. The van der Waals surface area contributed by atoms with Crippen molar-refractivity contribution in [2.24, 2.45) is 11.8 Å². The minimum atomic E-state index is -0.741. The van der Waals surface area contributed by atoms with E-state index in [1.807, 2.05) is 44.3 Å². The van der Waals surface area contributed by atoms with Gasteiger partial charge in [-0.2, -0.15) is 12.6 Å². The molecule has 0 spiro atoms. The Balaban J connectivity index is 2.20. The highest BCUT2D eigenvalue weighted by Gasteiger charge is 2.31. The molecule has 1 heterocycles. The lowest BCUT2D eigenvalue weighted by atomic mass is 9.91. The molecular formula is C22H31N3O4S. The molecule has 1 aromatic carbocycles. The van der Waals surface area contributed by atoms with Crippen LogP contribution >= 0.6 is 12.6 Å². The Bertz CT molecular complexity index is 880. The van der Waals surface area contributed by atoms with Gasteiger partial charge in [0.25, 0.3) is 0 Å². The largest absolute Gasteiger partial charge is 0.469 e. The molecule has 2 aromatic rings. The zero-order valence-corrected chi connectivity index (χ0v) is 18.8. The number of H-pyrrole nitrogens is 1. The minimum Gasteiger partial charge on any atom is -0.469 e. The Kier molecular flexibility index (Phi) is 8.77. The van der Waals surface area contributed by atoms with Gasteiger partial charge < -0.3 is 20.4 Å². The van der Waals surface area contributed by atoms with Crippen LogP contribution in [0, 0.1) is 11.8 Å². The minimum absolute atomic E-state index is 0.0253. The number of thiol groups is 1. The van der Waals surface area contributed by atoms with Crippen LogP contribution in [0.25, 0.3) is 10.9 Å².